The summed E-state index contributed by atoms with van der Waals surface area (Å²) in [6, 6.07) is 18.3. The molecular formula is C24H27N3O4S. The minimum Gasteiger partial charge on any atom is -0.444 e. The van der Waals surface area contributed by atoms with Gasteiger partial charge < -0.3 is 20.1 Å². The Morgan fingerprint density at radius 1 is 1.03 bits per heavy atom. The lowest BCUT2D eigenvalue weighted by Gasteiger charge is -2.23. The first kappa shape index (κ1) is 23.4. The van der Waals surface area contributed by atoms with Gasteiger partial charge in [-0.2, -0.15) is 0 Å². The van der Waals surface area contributed by atoms with Crippen molar-refractivity contribution in [2.24, 2.45) is 0 Å². The lowest BCUT2D eigenvalue weighted by atomic mass is 10.2. The largest absolute Gasteiger partial charge is 0.444 e. The molecule has 0 aliphatic heterocycles. The second-order valence-corrected chi connectivity index (χ2v) is 8.95. The quantitative estimate of drug-likeness (QED) is 0.508. The second kappa shape index (κ2) is 10.9. The maximum Gasteiger partial charge on any atom is 0.408 e. The van der Waals surface area contributed by atoms with Crippen molar-refractivity contribution in [1.29, 1.82) is 0 Å². The molecule has 3 rings (SSSR count). The van der Waals surface area contributed by atoms with E-state index < -0.39 is 23.6 Å². The van der Waals surface area contributed by atoms with Crippen LogP contribution in [-0.2, 0) is 20.9 Å². The molecule has 32 heavy (non-hydrogen) atoms. The molecule has 2 amide bonds. The molecule has 0 radical (unpaired) electrons. The molecule has 0 saturated heterocycles. The molecular weight excluding hydrogens is 426 g/mol. The molecule has 0 spiro atoms. The van der Waals surface area contributed by atoms with Crippen LogP contribution in [0.3, 0.4) is 0 Å². The normalized spacial score (nSPS) is 12.1. The highest BCUT2D eigenvalue weighted by Crippen LogP contribution is 2.24. The molecule has 2 N–H and O–H groups in total. The van der Waals surface area contributed by atoms with E-state index in [-0.39, 0.29) is 6.61 Å². The van der Waals surface area contributed by atoms with Crippen LogP contribution in [0.5, 0.6) is 0 Å². The van der Waals surface area contributed by atoms with Gasteiger partial charge in [-0.15, -0.1) is 11.3 Å². The molecule has 0 aliphatic carbocycles. The smallest absolute Gasteiger partial charge is 0.408 e. The number of carbonyl (C=O) groups excluding carboxylic acids is 2. The van der Waals surface area contributed by atoms with Crippen molar-refractivity contribution in [2.75, 3.05) is 11.9 Å². The molecule has 0 aliphatic rings. The van der Waals surface area contributed by atoms with Crippen molar-refractivity contribution in [3.8, 4) is 11.3 Å². The van der Waals surface area contributed by atoms with E-state index in [1.807, 2.05) is 66.0 Å². The lowest BCUT2D eigenvalue weighted by Crippen LogP contribution is -2.48. The number of thiazole rings is 1. The van der Waals surface area contributed by atoms with Gasteiger partial charge in [0.05, 0.1) is 18.9 Å². The molecule has 168 valence electrons. The van der Waals surface area contributed by atoms with Gasteiger partial charge >= 0.3 is 6.09 Å². The van der Waals surface area contributed by atoms with Crippen molar-refractivity contribution >= 4 is 28.5 Å². The monoisotopic (exact) mass is 453 g/mol. The Hall–Kier alpha value is -3.23. The van der Waals surface area contributed by atoms with Gasteiger partial charge in [-0.05, 0) is 26.3 Å². The fourth-order valence-electron chi connectivity index (χ4n) is 2.77. The van der Waals surface area contributed by atoms with Crippen LogP contribution in [0.4, 0.5) is 9.93 Å². The zero-order chi connectivity index (χ0) is 23.0. The molecule has 0 saturated carbocycles. The second-order valence-electron chi connectivity index (χ2n) is 8.09. The van der Waals surface area contributed by atoms with Crippen LogP contribution < -0.4 is 10.6 Å². The zero-order valence-corrected chi connectivity index (χ0v) is 19.1. The first-order valence-electron chi connectivity index (χ1n) is 10.2. The molecule has 0 fully saturated rings. The summed E-state index contributed by atoms with van der Waals surface area (Å²) in [4.78, 5) is 29.6. The molecule has 1 heterocycles. The van der Waals surface area contributed by atoms with Crippen LogP contribution >= 0.6 is 11.3 Å². The lowest BCUT2D eigenvalue weighted by molar-refractivity contribution is -0.119. The van der Waals surface area contributed by atoms with Gasteiger partial charge in [-0.25, -0.2) is 9.78 Å². The molecule has 1 atom stereocenters. The van der Waals surface area contributed by atoms with Crippen LogP contribution in [-0.4, -0.2) is 35.2 Å². The van der Waals surface area contributed by atoms with Crippen molar-refractivity contribution < 1.29 is 19.1 Å². The van der Waals surface area contributed by atoms with Gasteiger partial charge in [0.1, 0.15) is 11.6 Å². The summed E-state index contributed by atoms with van der Waals surface area (Å²) in [5.74, 6) is -0.433. The summed E-state index contributed by atoms with van der Waals surface area (Å²) in [5.41, 5.74) is 2.01. The van der Waals surface area contributed by atoms with Crippen LogP contribution in [0.1, 0.15) is 26.3 Å². The Labute approximate surface area is 191 Å². The van der Waals surface area contributed by atoms with Crippen molar-refractivity contribution in [2.45, 2.75) is 39.0 Å². The first-order valence-corrected chi connectivity index (χ1v) is 11.1. The first-order chi connectivity index (χ1) is 15.3. The summed E-state index contributed by atoms with van der Waals surface area (Å²) in [7, 11) is 0. The summed E-state index contributed by atoms with van der Waals surface area (Å²) in [5, 5.41) is 7.67. The van der Waals surface area contributed by atoms with Crippen LogP contribution in [0, 0.1) is 0 Å². The van der Waals surface area contributed by atoms with Crippen LogP contribution in [0.2, 0.25) is 0 Å². The Balaban J connectivity index is 1.64. The average Bonchev–Trinajstić information content (AvgIpc) is 3.21. The fourth-order valence-corrected chi connectivity index (χ4v) is 3.49. The number of ether oxygens (including phenoxy) is 2. The predicted molar refractivity (Wildman–Crippen MR) is 125 cm³/mol. The number of nitrogens with one attached hydrogen (secondary N) is 2. The van der Waals surface area contributed by atoms with Crippen molar-refractivity contribution in [3.05, 3.63) is 71.6 Å². The maximum atomic E-state index is 12.9. The number of amides is 2. The minimum atomic E-state index is -0.947. The summed E-state index contributed by atoms with van der Waals surface area (Å²) in [6.07, 6.45) is -0.690. The van der Waals surface area contributed by atoms with Gasteiger partial charge in [0.2, 0.25) is 0 Å². The Morgan fingerprint density at radius 2 is 1.69 bits per heavy atom. The van der Waals surface area contributed by atoms with E-state index >= 15 is 0 Å². The van der Waals surface area contributed by atoms with E-state index in [4.69, 9.17) is 9.47 Å². The van der Waals surface area contributed by atoms with E-state index in [1.54, 1.807) is 20.8 Å². The Bertz CT molecular complexity index is 1020. The zero-order valence-electron chi connectivity index (χ0n) is 18.3. The summed E-state index contributed by atoms with van der Waals surface area (Å²) in [6.45, 7) is 5.57. The number of hydrogen-bond acceptors (Lipinski definition) is 6. The average molecular weight is 454 g/mol. The van der Waals surface area contributed by atoms with E-state index in [9.17, 15) is 9.59 Å². The topological polar surface area (TPSA) is 89.5 Å². The van der Waals surface area contributed by atoms with Gasteiger partial charge in [0.15, 0.2) is 5.13 Å². The molecule has 0 bridgehead atoms. The number of carbonyl (C=O) groups is 2. The highest BCUT2D eigenvalue weighted by molar-refractivity contribution is 7.14. The van der Waals surface area contributed by atoms with Gasteiger partial charge in [-0.1, -0.05) is 60.7 Å². The summed E-state index contributed by atoms with van der Waals surface area (Å²) < 4.78 is 11.0. The van der Waals surface area contributed by atoms with Gasteiger partial charge in [0, 0.05) is 10.9 Å². The maximum absolute atomic E-state index is 12.9. The molecule has 3 aromatic rings. The highest BCUT2D eigenvalue weighted by Gasteiger charge is 2.25. The third-order valence-corrected chi connectivity index (χ3v) is 4.97. The Morgan fingerprint density at radius 3 is 2.34 bits per heavy atom. The molecule has 2 aromatic carbocycles. The van der Waals surface area contributed by atoms with E-state index in [0.717, 1.165) is 16.8 Å². The van der Waals surface area contributed by atoms with Gasteiger partial charge in [-0.3, -0.25) is 4.79 Å². The van der Waals surface area contributed by atoms with Gasteiger partial charge in [0.25, 0.3) is 5.91 Å². The van der Waals surface area contributed by atoms with Crippen molar-refractivity contribution in [1.82, 2.24) is 10.3 Å². The Kier molecular flexibility index (Phi) is 7.97. The number of anilines is 1. The third-order valence-electron chi connectivity index (χ3n) is 4.21. The number of rotatable bonds is 8. The molecule has 0 unspecified atom stereocenters. The molecule has 8 heteroatoms. The molecule has 7 nitrogen and oxygen atoms in total. The number of hydrogen-bond donors (Lipinski definition) is 2. The van der Waals surface area contributed by atoms with E-state index in [2.05, 4.69) is 15.6 Å². The van der Waals surface area contributed by atoms with E-state index in [0.29, 0.717) is 11.7 Å². The van der Waals surface area contributed by atoms with Crippen LogP contribution in [0.25, 0.3) is 11.3 Å². The third kappa shape index (κ3) is 7.47. The van der Waals surface area contributed by atoms with Crippen molar-refractivity contribution in [3.63, 3.8) is 0 Å². The fraction of sp³-hybridized carbons (Fsp3) is 0.292. The number of aromatic nitrogens is 1. The molecule has 1 aromatic heterocycles. The van der Waals surface area contributed by atoms with E-state index in [1.165, 1.54) is 11.3 Å². The minimum absolute atomic E-state index is 0.0170. The SMILES string of the molecule is CC(C)(C)OC(=O)N[C@@H](COCc1ccccc1)C(=O)Nc1nc(-c2ccccc2)cs1. The summed E-state index contributed by atoms with van der Waals surface area (Å²) >= 11 is 1.31. The standard InChI is InChI=1S/C24H27N3O4S/c1-24(2,3)31-23(29)26-19(15-30-14-17-10-6-4-7-11-17)21(28)27-22-25-20(16-32-22)18-12-8-5-9-13-18/h4-13,16,19H,14-15H2,1-3H3,(H,26,29)(H,25,27,28)/t19-/m0/s1. The predicted octanol–water partition coefficient (Wildman–Crippen LogP) is 4.86. The number of benzene rings is 2. The van der Waals surface area contributed by atoms with Crippen LogP contribution in [0.15, 0.2) is 66.0 Å². The number of alkyl carbamates (subject to hydrolysis) is 1. The highest BCUT2D eigenvalue weighted by atomic mass is 32.1. The number of nitrogens with zero attached hydrogens (tertiary/aromatic N) is 1.